The molecule has 0 aliphatic carbocycles. The number of benzene rings is 1. The van der Waals surface area contributed by atoms with E-state index in [-0.39, 0.29) is 6.61 Å². The minimum absolute atomic E-state index is 0.143. The van der Waals surface area contributed by atoms with Crippen LogP contribution in [0.25, 0.3) is 0 Å². The van der Waals surface area contributed by atoms with Crippen LogP contribution in [-0.2, 0) is 6.54 Å². The lowest BCUT2D eigenvalue weighted by Crippen LogP contribution is -2.34. The standard InChI is InChI=1S/C13H21ClN2O/c1-10(2)16(7-8-17)13-6-4-5-12(14)11(13)9-15-3/h4-6,10,15,17H,7-9H2,1-3H3. The lowest BCUT2D eigenvalue weighted by atomic mass is 10.1. The molecule has 0 saturated carbocycles. The Bertz CT molecular complexity index is 355. The molecule has 1 rings (SSSR count). The summed E-state index contributed by atoms with van der Waals surface area (Å²) < 4.78 is 0. The number of hydrogen-bond donors (Lipinski definition) is 2. The van der Waals surface area contributed by atoms with Gasteiger partial charge in [-0.2, -0.15) is 0 Å². The molecule has 17 heavy (non-hydrogen) atoms. The molecule has 3 nitrogen and oxygen atoms in total. The summed E-state index contributed by atoms with van der Waals surface area (Å²) in [6.07, 6.45) is 0. The van der Waals surface area contributed by atoms with Crippen LogP contribution in [0.2, 0.25) is 5.02 Å². The molecule has 1 aromatic carbocycles. The predicted octanol–water partition coefficient (Wildman–Crippen LogP) is 2.27. The van der Waals surface area contributed by atoms with E-state index in [1.807, 2.05) is 25.2 Å². The zero-order valence-electron chi connectivity index (χ0n) is 10.7. The quantitative estimate of drug-likeness (QED) is 0.820. The Morgan fingerprint density at radius 3 is 2.65 bits per heavy atom. The van der Waals surface area contributed by atoms with Crippen molar-refractivity contribution in [2.24, 2.45) is 0 Å². The van der Waals surface area contributed by atoms with Gasteiger partial charge in [0.05, 0.1) is 6.61 Å². The third-order valence-corrected chi connectivity index (χ3v) is 3.08. The van der Waals surface area contributed by atoms with Gasteiger partial charge in [0.25, 0.3) is 0 Å². The second kappa shape index (κ2) is 6.84. The van der Waals surface area contributed by atoms with Crippen molar-refractivity contribution >= 4 is 17.3 Å². The highest BCUT2D eigenvalue weighted by Crippen LogP contribution is 2.28. The van der Waals surface area contributed by atoms with Crippen LogP contribution in [-0.4, -0.2) is 31.3 Å². The van der Waals surface area contributed by atoms with E-state index >= 15 is 0 Å². The summed E-state index contributed by atoms with van der Waals surface area (Å²) in [5.41, 5.74) is 2.18. The molecule has 0 unspecified atom stereocenters. The zero-order valence-corrected chi connectivity index (χ0v) is 11.5. The smallest absolute Gasteiger partial charge is 0.0606 e. The molecule has 0 radical (unpaired) electrons. The van der Waals surface area contributed by atoms with Crippen LogP contribution >= 0.6 is 11.6 Å². The molecule has 1 aromatic rings. The third-order valence-electron chi connectivity index (χ3n) is 2.72. The number of nitrogens with zero attached hydrogens (tertiary/aromatic N) is 1. The topological polar surface area (TPSA) is 35.5 Å². The van der Waals surface area contributed by atoms with E-state index in [4.69, 9.17) is 16.7 Å². The molecule has 0 aromatic heterocycles. The van der Waals surface area contributed by atoms with E-state index < -0.39 is 0 Å². The van der Waals surface area contributed by atoms with Crippen molar-refractivity contribution in [3.8, 4) is 0 Å². The van der Waals surface area contributed by atoms with Gasteiger partial charge in [-0.05, 0) is 33.0 Å². The van der Waals surface area contributed by atoms with Gasteiger partial charge in [0.2, 0.25) is 0 Å². The molecule has 0 saturated heterocycles. The van der Waals surface area contributed by atoms with Gasteiger partial charge < -0.3 is 15.3 Å². The first-order valence-electron chi connectivity index (χ1n) is 5.91. The Kier molecular flexibility index (Phi) is 5.75. The van der Waals surface area contributed by atoms with E-state index in [2.05, 4.69) is 24.1 Å². The molecule has 0 bridgehead atoms. The van der Waals surface area contributed by atoms with Gasteiger partial charge in [-0.25, -0.2) is 0 Å². The van der Waals surface area contributed by atoms with Gasteiger partial charge >= 0.3 is 0 Å². The number of rotatable bonds is 6. The Hall–Kier alpha value is -0.770. The number of aliphatic hydroxyl groups excluding tert-OH is 1. The van der Waals surface area contributed by atoms with Crippen molar-refractivity contribution in [2.45, 2.75) is 26.4 Å². The normalized spacial score (nSPS) is 10.9. The van der Waals surface area contributed by atoms with E-state index in [1.54, 1.807) is 0 Å². The number of nitrogens with one attached hydrogen (secondary N) is 1. The molecular formula is C13H21ClN2O. The highest BCUT2D eigenvalue weighted by molar-refractivity contribution is 6.31. The summed E-state index contributed by atoms with van der Waals surface area (Å²) in [5.74, 6) is 0. The zero-order chi connectivity index (χ0) is 12.8. The van der Waals surface area contributed by atoms with Crippen LogP contribution in [0.15, 0.2) is 18.2 Å². The van der Waals surface area contributed by atoms with Crippen LogP contribution in [0, 0.1) is 0 Å². The predicted molar refractivity (Wildman–Crippen MR) is 73.8 cm³/mol. The molecule has 0 aliphatic rings. The van der Waals surface area contributed by atoms with Crippen molar-refractivity contribution in [1.82, 2.24) is 5.32 Å². The van der Waals surface area contributed by atoms with Gasteiger partial charge in [-0.3, -0.25) is 0 Å². The lowest BCUT2D eigenvalue weighted by molar-refractivity contribution is 0.299. The summed E-state index contributed by atoms with van der Waals surface area (Å²) in [4.78, 5) is 2.17. The Labute approximate surface area is 108 Å². The van der Waals surface area contributed by atoms with E-state index in [9.17, 15) is 0 Å². The largest absolute Gasteiger partial charge is 0.395 e. The van der Waals surface area contributed by atoms with E-state index in [0.717, 1.165) is 22.8 Å². The van der Waals surface area contributed by atoms with Crippen molar-refractivity contribution in [3.05, 3.63) is 28.8 Å². The second-order valence-electron chi connectivity index (χ2n) is 4.28. The van der Waals surface area contributed by atoms with Crippen molar-refractivity contribution in [3.63, 3.8) is 0 Å². The molecule has 96 valence electrons. The fraction of sp³-hybridized carbons (Fsp3) is 0.538. The van der Waals surface area contributed by atoms with Crippen molar-refractivity contribution in [1.29, 1.82) is 0 Å². The molecule has 2 N–H and O–H groups in total. The number of hydrogen-bond acceptors (Lipinski definition) is 3. The minimum atomic E-state index is 0.143. The minimum Gasteiger partial charge on any atom is -0.395 e. The third kappa shape index (κ3) is 3.60. The number of aliphatic hydroxyl groups is 1. The first-order valence-corrected chi connectivity index (χ1v) is 6.29. The maximum absolute atomic E-state index is 9.15. The average Bonchev–Trinajstić information content (AvgIpc) is 2.29. The van der Waals surface area contributed by atoms with E-state index in [0.29, 0.717) is 12.6 Å². The number of halogens is 1. The second-order valence-corrected chi connectivity index (χ2v) is 4.69. The molecule has 0 fully saturated rings. The van der Waals surface area contributed by atoms with Crippen LogP contribution < -0.4 is 10.2 Å². The van der Waals surface area contributed by atoms with Gasteiger partial charge in [0.1, 0.15) is 0 Å². The fourth-order valence-electron chi connectivity index (χ4n) is 1.93. The average molecular weight is 257 g/mol. The summed E-state index contributed by atoms with van der Waals surface area (Å²) in [6, 6.07) is 6.23. The highest BCUT2D eigenvalue weighted by Gasteiger charge is 2.15. The van der Waals surface area contributed by atoms with Gasteiger partial charge in [0, 0.05) is 35.4 Å². The number of anilines is 1. The molecule has 0 aliphatic heterocycles. The van der Waals surface area contributed by atoms with Gasteiger partial charge in [-0.1, -0.05) is 17.7 Å². The Morgan fingerprint density at radius 2 is 2.12 bits per heavy atom. The summed E-state index contributed by atoms with van der Waals surface area (Å²) in [6.45, 7) is 5.71. The molecule has 0 atom stereocenters. The first kappa shape index (κ1) is 14.3. The first-order chi connectivity index (χ1) is 8.11. The fourth-order valence-corrected chi connectivity index (χ4v) is 2.17. The summed E-state index contributed by atoms with van der Waals surface area (Å²) in [5, 5.41) is 13.0. The maximum atomic E-state index is 9.15. The van der Waals surface area contributed by atoms with E-state index in [1.165, 1.54) is 0 Å². The van der Waals surface area contributed by atoms with Crippen molar-refractivity contribution < 1.29 is 5.11 Å². The molecule has 4 heteroatoms. The monoisotopic (exact) mass is 256 g/mol. The Balaban J connectivity index is 3.12. The van der Waals surface area contributed by atoms with Crippen LogP contribution in [0.5, 0.6) is 0 Å². The Morgan fingerprint density at radius 1 is 1.41 bits per heavy atom. The summed E-state index contributed by atoms with van der Waals surface area (Å²) in [7, 11) is 1.90. The molecule has 0 spiro atoms. The van der Waals surface area contributed by atoms with Crippen LogP contribution in [0.1, 0.15) is 19.4 Å². The molecule has 0 amide bonds. The molecule has 0 heterocycles. The van der Waals surface area contributed by atoms with Gasteiger partial charge in [-0.15, -0.1) is 0 Å². The summed E-state index contributed by atoms with van der Waals surface area (Å²) >= 11 is 6.23. The van der Waals surface area contributed by atoms with Gasteiger partial charge in [0.15, 0.2) is 0 Å². The highest BCUT2D eigenvalue weighted by atomic mass is 35.5. The SMILES string of the molecule is CNCc1c(Cl)cccc1N(CCO)C(C)C. The van der Waals surface area contributed by atoms with Crippen molar-refractivity contribution in [2.75, 3.05) is 25.1 Å². The van der Waals surface area contributed by atoms with Crippen LogP contribution in [0.3, 0.4) is 0 Å². The maximum Gasteiger partial charge on any atom is 0.0606 e. The molecular weight excluding hydrogens is 236 g/mol. The van der Waals surface area contributed by atoms with Crippen LogP contribution in [0.4, 0.5) is 5.69 Å². The lowest BCUT2D eigenvalue weighted by Gasteiger charge is -2.30.